The van der Waals surface area contributed by atoms with Gasteiger partial charge in [-0.15, -0.1) is 5.10 Å². The van der Waals surface area contributed by atoms with E-state index in [4.69, 9.17) is 15.5 Å². The Morgan fingerprint density at radius 3 is 2.57 bits per heavy atom. The minimum atomic E-state index is -0.709. The molecule has 0 bridgehead atoms. The van der Waals surface area contributed by atoms with E-state index in [0.717, 1.165) is 0 Å². The number of ether oxygens (including phenoxy) is 1. The number of nitrogen functional groups attached to an aromatic ring is 1. The third-order valence-corrected chi connectivity index (χ3v) is 6.47. The number of para-hydroxylation sites is 1. The van der Waals surface area contributed by atoms with Crippen LogP contribution in [0.4, 0.5) is 5.82 Å². The Morgan fingerprint density at radius 1 is 1.02 bits per heavy atom. The second kappa shape index (κ2) is 10.8. The smallest absolute Gasteiger partial charge is 0.316 e. The molecule has 12 heteroatoms. The summed E-state index contributed by atoms with van der Waals surface area (Å²) < 4.78 is 7.91. The van der Waals surface area contributed by atoms with Crippen molar-refractivity contribution in [2.24, 2.45) is 0 Å². The van der Waals surface area contributed by atoms with Gasteiger partial charge in [0, 0.05) is 30.4 Å². The lowest BCUT2D eigenvalue weighted by Crippen LogP contribution is -2.33. The van der Waals surface area contributed by atoms with E-state index in [9.17, 15) is 9.59 Å². The van der Waals surface area contributed by atoms with E-state index in [2.05, 4.69) is 37.2 Å². The Balaban J connectivity index is 1.46. The molecule has 0 unspecified atom stereocenters. The molecule has 0 aliphatic rings. The molecule has 6 rings (SSSR count). The van der Waals surface area contributed by atoms with E-state index >= 15 is 0 Å². The van der Waals surface area contributed by atoms with Gasteiger partial charge in [-0.3, -0.25) is 14.2 Å². The topological polar surface area (TPSA) is 155 Å². The minimum absolute atomic E-state index is 0.0378. The van der Waals surface area contributed by atoms with Gasteiger partial charge in [-0.1, -0.05) is 36.1 Å². The summed E-state index contributed by atoms with van der Waals surface area (Å²) in [6.07, 6.45) is 6.29. The van der Waals surface area contributed by atoms with Gasteiger partial charge in [-0.25, -0.2) is 24.5 Å². The average molecular weight is 558 g/mol. The quantitative estimate of drug-likeness (QED) is 0.304. The molecule has 4 heterocycles. The molecule has 4 aromatic heterocycles. The van der Waals surface area contributed by atoms with Crippen molar-refractivity contribution in [1.82, 2.24) is 39.4 Å². The van der Waals surface area contributed by atoms with Crippen molar-refractivity contribution >= 4 is 28.3 Å². The summed E-state index contributed by atoms with van der Waals surface area (Å²) in [6.45, 7) is 1.74. The number of nitrogens with one attached hydrogen (secondary N) is 1. The number of methoxy groups -OCH3 is 1. The molecule has 2 aromatic carbocycles. The highest BCUT2D eigenvalue weighted by Gasteiger charge is 2.24. The van der Waals surface area contributed by atoms with Gasteiger partial charge >= 0.3 is 6.01 Å². The van der Waals surface area contributed by atoms with E-state index < -0.39 is 11.9 Å². The highest BCUT2D eigenvalue weighted by atomic mass is 16.5. The monoisotopic (exact) mass is 557 g/mol. The zero-order valence-electron chi connectivity index (χ0n) is 22.5. The lowest BCUT2D eigenvalue weighted by atomic mass is 10.1. The first-order valence-electron chi connectivity index (χ1n) is 12.8. The first-order valence-corrected chi connectivity index (χ1v) is 12.8. The maximum Gasteiger partial charge on any atom is 0.316 e. The summed E-state index contributed by atoms with van der Waals surface area (Å²) >= 11 is 0. The predicted octanol–water partition coefficient (Wildman–Crippen LogP) is 2.70. The first-order chi connectivity index (χ1) is 20.4. The van der Waals surface area contributed by atoms with E-state index in [-0.39, 0.29) is 23.0 Å². The average Bonchev–Trinajstić information content (AvgIpc) is 3.36. The molecule has 0 fully saturated rings. The van der Waals surface area contributed by atoms with Crippen LogP contribution in [0.25, 0.3) is 22.2 Å². The SMILES string of the molecule is COc1ncc(C#Cc2cccc3nc([C@H](C)NC(=O)c4c(N)nn5cccnc45)n(-c4ccccc4)c(=O)c23)cn1. The molecule has 0 spiro atoms. The summed E-state index contributed by atoms with van der Waals surface area (Å²) in [5.74, 6) is 5.92. The number of fused-ring (bicyclic) bond motifs is 2. The highest BCUT2D eigenvalue weighted by Crippen LogP contribution is 2.22. The number of benzene rings is 2. The molecular formula is C30H23N9O3. The van der Waals surface area contributed by atoms with Crippen LogP contribution >= 0.6 is 0 Å². The van der Waals surface area contributed by atoms with Crippen LogP contribution in [0, 0.1) is 11.8 Å². The standard InChI is InChI=1S/C30H23N9O3/c1-18(35-28(40)24-25(31)37-38-15-7-14-32-27(24)38)26-36-22-11-6-8-20(13-12-19-16-33-30(42-2)34-17-19)23(22)29(41)39(26)21-9-4-3-5-10-21/h3-11,14-18H,1-2H3,(H2,31,37)(H,35,40)/t18-/m0/s1. The van der Waals surface area contributed by atoms with Crippen LogP contribution in [0.3, 0.4) is 0 Å². The lowest BCUT2D eigenvalue weighted by Gasteiger charge is -2.20. The van der Waals surface area contributed by atoms with E-state index in [1.807, 2.05) is 18.2 Å². The van der Waals surface area contributed by atoms with Crippen molar-refractivity contribution in [3.05, 3.63) is 112 Å². The van der Waals surface area contributed by atoms with Crippen LogP contribution in [-0.2, 0) is 0 Å². The van der Waals surface area contributed by atoms with Crippen LogP contribution in [0.15, 0.2) is 84.2 Å². The van der Waals surface area contributed by atoms with E-state index in [1.165, 1.54) is 16.2 Å². The summed E-state index contributed by atoms with van der Waals surface area (Å²) in [5.41, 5.74) is 8.22. The van der Waals surface area contributed by atoms with Crippen molar-refractivity contribution < 1.29 is 9.53 Å². The highest BCUT2D eigenvalue weighted by molar-refractivity contribution is 6.04. The van der Waals surface area contributed by atoms with Crippen molar-refractivity contribution in [1.29, 1.82) is 0 Å². The second-order valence-electron chi connectivity index (χ2n) is 9.20. The number of rotatable bonds is 5. The molecule has 206 valence electrons. The number of hydrogen-bond donors (Lipinski definition) is 2. The minimum Gasteiger partial charge on any atom is -0.467 e. The van der Waals surface area contributed by atoms with Crippen LogP contribution in [0.5, 0.6) is 6.01 Å². The molecule has 0 saturated heterocycles. The summed E-state index contributed by atoms with van der Waals surface area (Å²) in [6, 6.07) is 15.5. The molecule has 0 aliphatic carbocycles. The number of amides is 1. The predicted molar refractivity (Wildman–Crippen MR) is 155 cm³/mol. The molecule has 0 aliphatic heterocycles. The Bertz CT molecular complexity index is 2080. The third kappa shape index (κ3) is 4.75. The Kier molecular flexibility index (Phi) is 6.74. The fourth-order valence-electron chi connectivity index (χ4n) is 4.55. The van der Waals surface area contributed by atoms with E-state index in [0.29, 0.717) is 39.2 Å². The number of carbonyl (C=O) groups is 1. The fourth-order valence-corrected chi connectivity index (χ4v) is 4.55. The van der Waals surface area contributed by atoms with Gasteiger partial charge in [0.05, 0.1) is 35.3 Å². The molecule has 3 N–H and O–H groups in total. The fraction of sp³-hybridized carbons (Fsp3) is 0.100. The van der Waals surface area contributed by atoms with Crippen LogP contribution in [0.2, 0.25) is 0 Å². The second-order valence-corrected chi connectivity index (χ2v) is 9.20. The zero-order valence-corrected chi connectivity index (χ0v) is 22.5. The van der Waals surface area contributed by atoms with Gasteiger partial charge < -0.3 is 15.8 Å². The largest absolute Gasteiger partial charge is 0.467 e. The Morgan fingerprint density at radius 2 is 1.81 bits per heavy atom. The van der Waals surface area contributed by atoms with Gasteiger partial charge in [-0.05, 0) is 37.3 Å². The van der Waals surface area contributed by atoms with Gasteiger partial charge in [0.25, 0.3) is 11.5 Å². The van der Waals surface area contributed by atoms with Crippen molar-refractivity contribution in [3.8, 4) is 23.5 Å². The molecular weight excluding hydrogens is 534 g/mol. The Hall–Kier alpha value is -6.09. The van der Waals surface area contributed by atoms with Crippen LogP contribution in [-0.4, -0.2) is 47.1 Å². The number of nitrogens with two attached hydrogens (primary N) is 1. The van der Waals surface area contributed by atoms with Crippen LogP contribution in [0.1, 0.15) is 40.3 Å². The normalized spacial score (nSPS) is 11.6. The van der Waals surface area contributed by atoms with Gasteiger partial charge in [0.15, 0.2) is 11.5 Å². The summed E-state index contributed by atoms with van der Waals surface area (Å²) in [7, 11) is 1.48. The maximum atomic E-state index is 14.2. The van der Waals surface area contributed by atoms with Crippen molar-refractivity contribution in [2.45, 2.75) is 13.0 Å². The van der Waals surface area contributed by atoms with Crippen LogP contribution < -0.4 is 21.3 Å². The molecule has 1 atom stereocenters. The number of nitrogens with zero attached hydrogens (tertiary/aromatic N) is 7. The van der Waals surface area contributed by atoms with Crippen molar-refractivity contribution in [2.75, 3.05) is 12.8 Å². The maximum absolute atomic E-state index is 14.2. The number of carbonyl (C=O) groups excluding carboxylic acids is 1. The number of anilines is 1. The molecule has 42 heavy (non-hydrogen) atoms. The number of hydrogen-bond acceptors (Lipinski definition) is 9. The molecule has 0 saturated carbocycles. The Labute approximate surface area is 238 Å². The van der Waals surface area contributed by atoms with Gasteiger partial charge in [0.2, 0.25) is 0 Å². The van der Waals surface area contributed by atoms with Gasteiger partial charge in [-0.2, -0.15) is 0 Å². The van der Waals surface area contributed by atoms with Crippen molar-refractivity contribution in [3.63, 3.8) is 0 Å². The molecule has 0 radical (unpaired) electrons. The first kappa shape index (κ1) is 26.1. The summed E-state index contributed by atoms with van der Waals surface area (Å²) in [4.78, 5) is 44.8. The third-order valence-electron chi connectivity index (χ3n) is 6.47. The molecule has 12 nitrogen and oxygen atoms in total. The number of aromatic nitrogens is 7. The zero-order chi connectivity index (χ0) is 29.2. The molecule has 6 aromatic rings. The summed E-state index contributed by atoms with van der Waals surface area (Å²) in [5, 5.41) is 7.42. The lowest BCUT2D eigenvalue weighted by molar-refractivity contribution is 0.0940. The molecule has 1 amide bonds. The van der Waals surface area contributed by atoms with Gasteiger partial charge in [0.1, 0.15) is 11.4 Å². The van der Waals surface area contributed by atoms with E-state index in [1.54, 1.807) is 68.1 Å².